The molecule has 27 heavy (non-hydrogen) atoms. The summed E-state index contributed by atoms with van der Waals surface area (Å²) < 4.78 is 0. The number of halogens is 1. The lowest BCUT2D eigenvalue weighted by molar-refractivity contribution is 0.234. The molecule has 0 saturated carbocycles. The molecule has 0 spiro atoms. The fourth-order valence-electron chi connectivity index (χ4n) is 3.76. The van der Waals surface area contributed by atoms with Crippen molar-refractivity contribution in [2.24, 2.45) is 0 Å². The maximum atomic E-state index is 6.16. The molecule has 5 rings (SSSR count). The molecule has 4 aromatic rings. The maximum Gasteiger partial charge on any atom is 0.159 e. The lowest BCUT2D eigenvalue weighted by Crippen LogP contribution is -2.50. The Morgan fingerprint density at radius 1 is 1.11 bits per heavy atom. The van der Waals surface area contributed by atoms with E-state index in [1.807, 2.05) is 18.2 Å². The van der Waals surface area contributed by atoms with Gasteiger partial charge in [-0.1, -0.05) is 11.6 Å². The van der Waals surface area contributed by atoms with Crippen LogP contribution >= 0.6 is 11.6 Å². The van der Waals surface area contributed by atoms with Crippen LogP contribution in [0.25, 0.3) is 33.5 Å². The number of anilines is 1. The largest absolute Gasteiger partial charge is 0.369 e. The van der Waals surface area contributed by atoms with Crippen molar-refractivity contribution in [3.63, 3.8) is 0 Å². The van der Waals surface area contributed by atoms with Gasteiger partial charge >= 0.3 is 0 Å². The number of aromatic nitrogens is 4. The second kappa shape index (κ2) is 6.25. The zero-order chi connectivity index (χ0) is 18.5. The molecule has 0 bridgehead atoms. The first-order chi connectivity index (χ1) is 13.1. The minimum atomic E-state index is 0.548. The number of likely N-dealkylation sites (N-methyl/N-ethyl adjacent to an activating group) is 1. The van der Waals surface area contributed by atoms with Gasteiger partial charge in [0.15, 0.2) is 5.82 Å². The van der Waals surface area contributed by atoms with E-state index in [0.717, 1.165) is 53.1 Å². The van der Waals surface area contributed by atoms with Crippen LogP contribution in [0.5, 0.6) is 0 Å². The second-order valence-electron chi connectivity index (χ2n) is 7.32. The Bertz CT molecular complexity index is 1130. The van der Waals surface area contributed by atoms with E-state index in [4.69, 9.17) is 16.6 Å². The Hall–Kier alpha value is -2.57. The summed E-state index contributed by atoms with van der Waals surface area (Å²) in [5.41, 5.74) is 4.93. The molecule has 2 aromatic heterocycles. The first-order valence-corrected chi connectivity index (χ1v) is 9.55. The Labute approximate surface area is 162 Å². The van der Waals surface area contributed by atoms with E-state index in [-0.39, 0.29) is 0 Å². The molecule has 1 fully saturated rings. The van der Waals surface area contributed by atoms with Gasteiger partial charge in [-0.3, -0.25) is 5.10 Å². The lowest BCUT2D eigenvalue weighted by atomic mass is 10.1. The van der Waals surface area contributed by atoms with Crippen molar-refractivity contribution in [3.8, 4) is 11.5 Å². The summed E-state index contributed by atoms with van der Waals surface area (Å²) in [6.45, 7) is 5.42. The average molecular weight is 381 g/mol. The summed E-state index contributed by atoms with van der Waals surface area (Å²) in [7, 11) is 2.19. The molecule has 0 unspecified atom stereocenters. The SMILES string of the molecule is C[C@@H]1CN(c2ccc3nc(-c4n[nH]c5ccc(Cl)cc45)[nH]c3c2)CCN1C. The van der Waals surface area contributed by atoms with Gasteiger partial charge in [0.2, 0.25) is 0 Å². The maximum absolute atomic E-state index is 6.16. The van der Waals surface area contributed by atoms with Gasteiger partial charge in [-0.2, -0.15) is 5.10 Å². The van der Waals surface area contributed by atoms with Crippen LogP contribution in [0, 0.1) is 0 Å². The molecule has 0 aliphatic carbocycles. The summed E-state index contributed by atoms with van der Waals surface area (Å²) in [5.74, 6) is 0.752. The van der Waals surface area contributed by atoms with Crippen molar-refractivity contribution < 1.29 is 0 Å². The Morgan fingerprint density at radius 2 is 2.00 bits per heavy atom. The van der Waals surface area contributed by atoms with E-state index in [2.05, 4.69) is 57.2 Å². The second-order valence-corrected chi connectivity index (χ2v) is 7.76. The third-order valence-corrected chi connectivity index (χ3v) is 5.77. The monoisotopic (exact) mass is 380 g/mol. The van der Waals surface area contributed by atoms with Crippen molar-refractivity contribution in [2.45, 2.75) is 13.0 Å². The summed E-state index contributed by atoms with van der Waals surface area (Å²) in [6.07, 6.45) is 0. The van der Waals surface area contributed by atoms with Crippen molar-refractivity contribution >= 4 is 39.2 Å². The summed E-state index contributed by atoms with van der Waals surface area (Å²) >= 11 is 6.16. The zero-order valence-electron chi connectivity index (χ0n) is 15.3. The summed E-state index contributed by atoms with van der Waals surface area (Å²) in [5, 5.41) is 9.14. The number of aromatic amines is 2. The number of nitrogens with zero attached hydrogens (tertiary/aromatic N) is 4. The molecule has 1 aliphatic heterocycles. The fraction of sp³-hybridized carbons (Fsp3) is 0.300. The van der Waals surface area contributed by atoms with E-state index >= 15 is 0 Å². The Kier molecular flexibility index (Phi) is 3.84. The molecule has 6 nitrogen and oxygen atoms in total. The van der Waals surface area contributed by atoms with E-state index in [9.17, 15) is 0 Å². The fourth-order valence-corrected chi connectivity index (χ4v) is 3.93. The van der Waals surface area contributed by atoms with Gasteiger partial charge in [0.05, 0.1) is 16.6 Å². The van der Waals surface area contributed by atoms with E-state index in [1.165, 1.54) is 5.69 Å². The Balaban J connectivity index is 1.53. The first-order valence-electron chi connectivity index (χ1n) is 9.17. The molecule has 0 radical (unpaired) electrons. The van der Waals surface area contributed by atoms with Gasteiger partial charge in [-0.25, -0.2) is 4.98 Å². The number of fused-ring (bicyclic) bond motifs is 2. The molecule has 3 heterocycles. The number of piperazine rings is 1. The quantitative estimate of drug-likeness (QED) is 0.553. The highest BCUT2D eigenvalue weighted by atomic mass is 35.5. The summed E-state index contributed by atoms with van der Waals surface area (Å²) in [6, 6.07) is 12.7. The van der Waals surface area contributed by atoms with Crippen molar-refractivity contribution in [1.29, 1.82) is 0 Å². The molecule has 0 amide bonds. The van der Waals surface area contributed by atoms with Crippen LogP contribution in [-0.4, -0.2) is 57.8 Å². The average Bonchev–Trinajstić information content (AvgIpc) is 3.26. The molecule has 2 N–H and O–H groups in total. The molecule has 1 saturated heterocycles. The van der Waals surface area contributed by atoms with Gasteiger partial charge in [0.1, 0.15) is 5.69 Å². The van der Waals surface area contributed by atoms with Gasteiger partial charge in [-0.05, 0) is 50.4 Å². The molecule has 1 atom stereocenters. The number of rotatable bonds is 2. The van der Waals surface area contributed by atoms with Crippen molar-refractivity contribution in [3.05, 3.63) is 41.4 Å². The predicted octanol–water partition coefficient (Wildman–Crippen LogP) is 3.90. The number of nitrogens with one attached hydrogen (secondary N) is 2. The first kappa shape index (κ1) is 16.6. The van der Waals surface area contributed by atoms with Gasteiger partial charge in [0, 0.05) is 41.8 Å². The van der Waals surface area contributed by atoms with Gasteiger partial charge in [0.25, 0.3) is 0 Å². The normalized spacial score (nSPS) is 18.6. The molecular formula is C20H21ClN6. The lowest BCUT2D eigenvalue weighted by Gasteiger charge is -2.39. The number of hydrogen-bond donors (Lipinski definition) is 2. The molecule has 1 aliphatic rings. The van der Waals surface area contributed by atoms with E-state index in [1.54, 1.807) is 0 Å². The molecular weight excluding hydrogens is 360 g/mol. The molecule has 2 aromatic carbocycles. The number of hydrogen-bond acceptors (Lipinski definition) is 4. The van der Waals surface area contributed by atoms with Crippen LogP contribution in [0.15, 0.2) is 36.4 Å². The third kappa shape index (κ3) is 2.85. The van der Waals surface area contributed by atoms with E-state index in [0.29, 0.717) is 11.1 Å². The topological polar surface area (TPSA) is 63.8 Å². The van der Waals surface area contributed by atoms with Crippen LogP contribution in [0.3, 0.4) is 0 Å². The van der Waals surface area contributed by atoms with Crippen molar-refractivity contribution in [1.82, 2.24) is 25.1 Å². The highest BCUT2D eigenvalue weighted by Gasteiger charge is 2.21. The van der Waals surface area contributed by atoms with Crippen molar-refractivity contribution in [2.75, 3.05) is 31.6 Å². The van der Waals surface area contributed by atoms with Gasteiger partial charge < -0.3 is 14.8 Å². The summed E-state index contributed by atoms with van der Waals surface area (Å²) in [4.78, 5) is 13.0. The molecule has 138 valence electrons. The number of imidazole rings is 1. The number of H-pyrrole nitrogens is 2. The Morgan fingerprint density at radius 3 is 2.85 bits per heavy atom. The van der Waals surface area contributed by atoms with Crippen LogP contribution in [0.1, 0.15) is 6.92 Å². The third-order valence-electron chi connectivity index (χ3n) is 5.54. The number of benzene rings is 2. The van der Waals surface area contributed by atoms with Crippen LogP contribution in [0.2, 0.25) is 5.02 Å². The van der Waals surface area contributed by atoms with Gasteiger partial charge in [-0.15, -0.1) is 0 Å². The van der Waals surface area contributed by atoms with Crippen LogP contribution in [0.4, 0.5) is 5.69 Å². The van der Waals surface area contributed by atoms with Crippen LogP contribution < -0.4 is 4.90 Å². The van der Waals surface area contributed by atoms with Crippen LogP contribution in [-0.2, 0) is 0 Å². The smallest absolute Gasteiger partial charge is 0.159 e. The highest BCUT2D eigenvalue weighted by molar-refractivity contribution is 6.31. The predicted molar refractivity (Wildman–Crippen MR) is 110 cm³/mol. The zero-order valence-corrected chi connectivity index (χ0v) is 16.1. The standard InChI is InChI=1S/C20H21ClN6/c1-12-11-27(8-7-26(12)2)14-4-6-17-18(10-14)23-20(22-17)19-15-9-13(21)3-5-16(15)24-25-19/h3-6,9-10,12H,7-8,11H2,1-2H3,(H,22,23)(H,24,25)/t12-/m1/s1. The molecule has 7 heteroatoms. The highest BCUT2D eigenvalue weighted by Crippen LogP contribution is 2.30. The van der Waals surface area contributed by atoms with E-state index < -0.39 is 0 Å². The minimum absolute atomic E-state index is 0.548. The minimum Gasteiger partial charge on any atom is -0.369 e.